The maximum absolute atomic E-state index is 3.60. The molecule has 0 atom stereocenters. The fourth-order valence-electron chi connectivity index (χ4n) is 0. The molecule has 0 N–H and O–H groups in total. The third kappa shape index (κ3) is 23.0. The molecular weight excluding hydrogens is 125 g/mol. The largest absolute Gasteiger partial charge is 2.00 e. The molecule has 0 aromatic heterocycles. The van der Waals surface area contributed by atoms with E-state index in [0.717, 1.165) is 6.42 Å². The van der Waals surface area contributed by atoms with Gasteiger partial charge in [0.25, 0.3) is 0 Å². The Morgan fingerprint density at radius 2 is 1.67 bits per heavy atom. The van der Waals surface area contributed by atoms with E-state index in [4.69, 9.17) is 0 Å². The van der Waals surface area contributed by atoms with Gasteiger partial charge in [-0.1, -0.05) is 13.3 Å². The zero-order valence-corrected chi connectivity index (χ0v) is 7.80. The molecule has 0 amide bonds. The van der Waals surface area contributed by atoms with Gasteiger partial charge in [0.2, 0.25) is 0 Å². The molecule has 6 heavy (non-hydrogen) atoms. The van der Waals surface area contributed by atoms with Crippen LogP contribution < -0.4 is 0 Å². The third-order valence-electron chi connectivity index (χ3n) is 0.354. The van der Waals surface area contributed by atoms with Crippen molar-refractivity contribution in [3.05, 3.63) is 14.4 Å². The van der Waals surface area contributed by atoms with Crippen molar-refractivity contribution < 1.29 is 19.5 Å². The smallest absolute Gasteiger partial charge is 0.358 e. The molecule has 0 heterocycles. The summed E-state index contributed by atoms with van der Waals surface area (Å²) < 4.78 is 0. The van der Waals surface area contributed by atoms with Crippen LogP contribution in [0.15, 0.2) is 0 Å². The van der Waals surface area contributed by atoms with Gasteiger partial charge in [-0.25, -0.2) is 0 Å². The van der Waals surface area contributed by atoms with Crippen LogP contribution in [0.5, 0.6) is 0 Å². The Morgan fingerprint density at radius 3 is 1.67 bits per heavy atom. The number of unbranched alkanes of at least 4 members (excludes halogenated alkanes) is 1. The molecule has 0 bridgehead atoms. The molecule has 0 radical (unpaired) electrons. The summed E-state index contributed by atoms with van der Waals surface area (Å²) in [5.41, 5.74) is 0. The van der Waals surface area contributed by atoms with E-state index in [1.807, 2.05) is 0 Å². The van der Waals surface area contributed by atoms with Crippen LogP contribution in [-0.4, -0.2) is 0 Å². The summed E-state index contributed by atoms with van der Waals surface area (Å²) >= 11 is 0. The van der Waals surface area contributed by atoms with Gasteiger partial charge in [-0.05, 0) is 0 Å². The number of rotatable bonds is 1. The molecule has 0 nitrogen and oxygen atoms in total. The molecule has 0 fully saturated rings. The van der Waals surface area contributed by atoms with Gasteiger partial charge in [0, 0.05) is 0 Å². The van der Waals surface area contributed by atoms with Gasteiger partial charge in [0.05, 0.1) is 0 Å². The molecule has 0 saturated heterocycles. The van der Waals surface area contributed by atoms with E-state index < -0.39 is 0 Å². The minimum Gasteiger partial charge on any atom is -0.358 e. The van der Waals surface area contributed by atoms with Crippen LogP contribution in [0.1, 0.15) is 19.8 Å². The summed E-state index contributed by atoms with van der Waals surface area (Å²) in [5, 5.41) is 0. The van der Waals surface area contributed by atoms with E-state index in [1.165, 1.54) is 6.42 Å². The topological polar surface area (TPSA) is 0 Å². The van der Waals surface area contributed by atoms with Crippen LogP contribution in [0.3, 0.4) is 0 Å². The molecule has 0 rings (SSSR count). The minimum atomic E-state index is 0. The van der Waals surface area contributed by atoms with Crippen LogP contribution in [0, 0.1) is 14.4 Å². The van der Waals surface area contributed by atoms with E-state index in [-0.39, 0.29) is 26.9 Å². The summed E-state index contributed by atoms with van der Waals surface area (Å²) in [6.07, 6.45) is 2.28. The van der Waals surface area contributed by atoms with Crippen molar-refractivity contribution in [2.75, 3.05) is 0 Å². The second-order valence-corrected chi connectivity index (χ2v) is 0.854. The Bertz CT molecular complexity index is 5.90. The zero-order valence-electron chi connectivity index (χ0n) is 4.83. The number of hydrogen-bond acceptors (Lipinski definition) is 0. The fourth-order valence-corrected chi connectivity index (χ4v) is 0. The van der Waals surface area contributed by atoms with Crippen LogP contribution >= 0.6 is 0 Å². The van der Waals surface area contributed by atoms with E-state index in [2.05, 4.69) is 13.8 Å². The van der Waals surface area contributed by atoms with E-state index in [9.17, 15) is 0 Å². The van der Waals surface area contributed by atoms with E-state index in [0.29, 0.717) is 0 Å². The molecule has 0 unspecified atom stereocenters. The minimum absolute atomic E-state index is 0. The summed E-state index contributed by atoms with van der Waals surface area (Å²) in [4.78, 5) is 0. The van der Waals surface area contributed by atoms with Crippen molar-refractivity contribution in [1.82, 2.24) is 0 Å². The van der Waals surface area contributed by atoms with Gasteiger partial charge in [-0.2, -0.15) is 6.42 Å². The van der Waals surface area contributed by atoms with Gasteiger partial charge < -0.3 is 14.4 Å². The first-order valence-electron chi connectivity index (χ1n) is 1.71. The van der Waals surface area contributed by atoms with Crippen LogP contribution in [0.4, 0.5) is 0 Å². The predicted octanol–water partition coefficient (Wildman–Crippen LogP) is 2.07. The second kappa shape index (κ2) is 17.5. The van der Waals surface area contributed by atoms with E-state index >= 15 is 0 Å². The molecular formula is C5H12Zn. The van der Waals surface area contributed by atoms with Crippen LogP contribution in [0.25, 0.3) is 0 Å². The maximum atomic E-state index is 3.60. The van der Waals surface area contributed by atoms with Crippen molar-refractivity contribution in [2.45, 2.75) is 19.8 Å². The summed E-state index contributed by atoms with van der Waals surface area (Å²) in [7, 11) is 0. The molecule has 0 aromatic carbocycles. The first-order chi connectivity index (χ1) is 1.91. The second-order valence-electron chi connectivity index (χ2n) is 0.854. The first kappa shape index (κ1) is 16.0. The van der Waals surface area contributed by atoms with Crippen molar-refractivity contribution in [3.63, 3.8) is 0 Å². The molecule has 1 heteroatoms. The Morgan fingerprint density at radius 1 is 1.50 bits per heavy atom. The van der Waals surface area contributed by atoms with E-state index in [1.54, 1.807) is 0 Å². The average Bonchev–Trinajstić information content (AvgIpc) is 1.37. The molecule has 0 saturated carbocycles. The van der Waals surface area contributed by atoms with Gasteiger partial charge in [0.1, 0.15) is 0 Å². The average molecular weight is 138 g/mol. The van der Waals surface area contributed by atoms with Crippen molar-refractivity contribution in [2.24, 2.45) is 0 Å². The van der Waals surface area contributed by atoms with Gasteiger partial charge in [-0.3, -0.25) is 0 Å². The Kier molecular flexibility index (Phi) is 46.4. The van der Waals surface area contributed by atoms with Crippen LogP contribution in [0.2, 0.25) is 0 Å². The zero-order chi connectivity index (χ0) is 3.41. The number of hydrogen-bond donors (Lipinski definition) is 0. The maximum Gasteiger partial charge on any atom is 2.00 e. The molecule has 0 aliphatic carbocycles. The normalized spacial score (nSPS) is 5.00. The fraction of sp³-hybridized carbons (Fsp3) is 0.600. The predicted molar refractivity (Wildman–Crippen MR) is 26.7 cm³/mol. The van der Waals surface area contributed by atoms with Gasteiger partial charge in [-0.15, -0.1) is 0 Å². The van der Waals surface area contributed by atoms with Crippen molar-refractivity contribution >= 4 is 0 Å². The van der Waals surface area contributed by atoms with Crippen LogP contribution in [-0.2, 0) is 19.5 Å². The molecule has 0 spiro atoms. The standard InChI is InChI=1S/C4H9.CH3.Zn/c1-3-4-2;;/h1,3-4H2,2H3;1H3;/q2*-1;+2. The Hall–Kier alpha value is 0.623. The quantitative estimate of drug-likeness (QED) is 0.383. The first-order valence-corrected chi connectivity index (χ1v) is 1.71. The molecule has 0 aromatic rings. The monoisotopic (exact) mass is 136 g/mol. The molecule has 34 valence electrons. The Balaban J connectivity index is -0.0000000450. The SMILES string of the molecule is [CH2-]CCC.[CH3-].[Zn+2]. The third-order valence-corrected chi connectivity index (χ3v) is 0.354. The van der Waals surface area contributed by atoms with Gasteiger partial charge in [0.15, 0.2) is 0 Å². The Labute approximate surface area is 54.1 Å². The van der Waals surface area contributed by atoms with Crippen molar-refractivity contribution in [1.29, 1.82) is 0 Å². The molecule has 0 aliphatic heterocycles. The molecule has 0 aliphatic rings. The summed E-state index contributed by atoms with van der Waals surface area (Å²) in [5.74, 6) is 0. The van der Waals surface area contributed by atoms with Gasteiger partial charge >= 0.3 is 19.5 Å². The summed E-state index contributed by atoms with van der Waals surface area (Å²) in [6.45, 7) is 5.72. The summed E-state index contributed by atoms with van der Waals surface area (Å²) in [6, 6.07) is 0. The van der Waals surface area contributed by atoms with Crippen molar-refractivity contribution in [3.8, 4) is 0 Å².